The third kappa shape index (κ3) is 1.98. The first-order chi connectivity index (χ1) is 7.36. The standard InChI is InChI=1S/C12H17NO2/c1-14-12-6-5-9-3-2-4-10(9)11(12)7-8-15-13/h5-6H,2-4,7-8,13H2,1H3. The molecular formula is C12H17NO2. The quantitative estimate of drug-likeness (QED) is 0.763. The number of ether oxygens (including phenoxy) is 1. The maximum Gasteiger partial charge on any atom is 0.122 e. The number of hydrogen-bond donors (Lipinski definition) is 1. The normalized spacial score (nSPS) is 14.0. The molecule has 0 atom stereocenters. The Labute approximate surface area is 90.1 Å². The monoisotopic (exact) mass is 207 g/mol. The van der Waals surface area contributed by atoms with Gasteiger partial charge >= 0.3 is 0 Å². The van der Waals surface area contributed by atoms with Gasteiger partial charge in [0.25, 0.3) is 0 Å². The number of benzene rings is 1. The molecule has 0 fully saturated rings. The summed E-state index contributed by atoms with van der Waals surface area (Å²) in [5.74, 6) is 6.04. The van der Waals surface area contributed by atoms with Crippen LogP contribution >= 0.6 is 0 Å². The SMILES string of the molecule is COc1ccc2c(c1CCON)CCC2. The summed E-state index contributed by atoms with van der Waals surface area (Å²) in [5.41, 5.74) is 4.19. The smallest absolute Gasteiger partial charge is 0.122 e. The van der Waals surface area contributed by atoms with Crippen LogP contribution in [0.3, 0.4) is 0 Å². The number of methoxy groups -OCH3 is 1. The van der Waals surface area contributed by atoms with Gasteiger partial charge in [-0.15, -0.1) is 0 Å². The van der Waals surface area contributed by atoms with Gasteiger partial charge in [0.1, 0.15) is 5.75 Å². The minimum Gasteiger partial charge on any atom is -0.496 e. The van der Waals surface area contributed by atoms with Gasteiger partial charge in [-0.3, -0.25) is 0 Å². The first-order valence-electron chi connectivity index (χ1n) is 5.36. The lowest BCUT2D eigenvalue weighted by molar-refractivity contribution is 0.140. The molecule has 15 heavy (non-hydrogen) atoms. The topological polar surface area (TPSA) is 44.5 Å². The fourth-order valence-corrected chi connectivity index (χ4v) is 2.35. The molecule has 0 heterocycles. The Morgan fingerprint density at radius 1 is 1.33 bits per heavy atom. The van der Waals surface area contributed by atoms with Gasteiger partial charge in [-0.25, -0.2) is 5.90 Å². The Morgan fingerprint density at radius 3 is 2.93 bits per heavy atom. The summed E-state index contributed by atoms with van der Waals surface area (Å²) in [6.07, 6.45) is 4.43. The molecule has 0 saturated heterocycles. The van der Waals surface area contributed by atoms with Crippen LogP contribution in [0.15, 0.2) is 12.1 Å². The van der Waals surface area contributed by atoms with Crippen molar-refractivity contribution >= 4 is 0 Å². The molecule has 0 amide bonds. The average Bonchev–Trinajstić information content (AvgIpc) is 2.73. The van der Waals surface area contributed by atoms with Crippen LogP contribution in [0.25, 0.3) is 0 Å². The molecule has 0 saturated carbocycles. The van der Waals surface area contributed by atoms with Crippen molar-refractivity contribution in [3.8, 4) is 5.75 Å². The Hall–Kier alpha value is -1.06. The number of fused-ring (bicyclic) bond motifs is 1. The van der Waals surface area contributed by atoms with Crippen molar-refractivity contribution < 1.29 is 9.57 Å². The van der Waals surface area contributed by atoms with E-state index < -0.39 is 0 Å². The van der Waals surface area contributed by atoms with Crippen molar-refractivity contribution in [1.82, 2.24) is 0 Å². The van der Waals surface area contributed by atoms with E-state index in [9.17, 15) is 0 Å². The molecule has 3 nitrogen and oxygen atoms in total. The first-order valence-corrected chi connectivity index (χ1v) is 5.36. The van der Waals surface area contributed by atoms with Gasteiger partial charge < -0.3 is 9.57 Å². The Morgan fingerprint density at radius 2 is 2.20 bits per heavy atom. The van der Waals surface area contributed by atoms with Gasteiger partial charge in [0.05, 0.1) is 13.7 Å². The molecule has 2 rings (SSSR count). The summed E-state index contributed by atoms with van der Waals surface area (Å²) in [4.78, 5) is 4.65. The maximum atomic E-state index is 5.37. The number of nitrogens with two attached hydrogens (primary N) is 1. The summed E-state index contributed by atoms with van der Waals surface area (Å²) in [5, 5.41) is 0. The van der Waals surface area contributed by atoms with Crippen LogP contribution in [0.2, 0.25) is 0 Å². The molecular weight excluding hydrogens is 190 g/mol. The molecule has 1 aliphatic carbocycles. The molecule has 2 N–H and O–H groups in total. The van der Waals surface area contributed by atoms with E-state index in [0.29, 0.717) is 6.61 Å². The van der Waals surface area contributed by atoms with Gasteiger partial charge in [0, 0.05) is 6.42 Å². The zero-order valence-electron chi connectivity index (χ0n) is 9.08. The zero-order valence-corrected chi connectivity index (χ0v) is 9.08. The summed E-state index contributed by atoms with van der Waals surface area (Å²) in [6, 6.07) is 4.23. The van der Waals surface area contributed by atoms with Crippen molar-refractivity contribution in [2.45, 2.75) is 25.7 Å². The minimum atomic E-state index is 0.548. The van der Waals surface area contributed by atoms with Crippen molar-refractivity contribution in [2.24, 2.45) is 5.90 Å². The van der Waals surface area contributed by atoms with Crippen LogP contribution in [0.4, 0.5) is 0 Å². The fourth-order valence-electron chi connectivity index (χ4n) is 2.35. The van der Waals surface area contributed by atoms with Gasteiger partial charge in [0.15, 0.2) is 0 Å². The van der Waals surface area contributed by atoms with Crippen molar-refractivity contribution in [3.05, 3.63) is 28.8 Å². The van der Waals surface area contributed by atoms with E-state index in [4.69, 9.17) is 10.6 Å². The second kappa shape index (κ2) is 4.64. The fraction of sp³-hybridized carbons (Fsp3) is 0.500. The highest BCUT2D eigenvalue weighted by molar-refractivity contribution is 5.47. The first kappa shape index (κ1) is 10.5. The highest BCUT2D eigenvalue weighted by atomic mass is 16.6. The third-order valence-electron chi connectivity index (χ3n) is 3.05. The van der Waals surface area contributed by atoms with Crippen LogP contribution in [0.5, 0.6) is 5.75 Å². The van der Waals surface area contributed by atoms with E-state index in [1.807, 2.05) is 0 Å². The van der Waals surface area contributed by atoms with E-state index >= 15 is 0 Å². The molecule has 0 spiro atoms. The van der Waals surface area contributed by atoms with Crippen LogP contribution in [0, 0.1) is 0 Å². The third-order valence-corrected chi connectivity index (χ3v) is 3.05. The van der Waals surface area contributed by atoms with Crippen LogP contribution < -0.4 is 10.6 Å². The number of hydrogen-bond acceptors (Lipinski definition) is 3. The number of aryl methyl sites for hydroxylation is 1. The molecule has 0 radical (unpaired) electrons. The van der Waals surface area contributed by atoms with Gasteiger partial charge in [-0.1, -0.05) is 6.07 Å². The molecule has 3 heteroatoms. The Balaban J connectivity index is 2.34. The second-order valence-electron chi connectivity index (χ2n) is 3.86. The molecule has 1 aromatic rings. The maximum absolute atomic E-state index is 5.37. The lowest BCUT2D eigenvalue weighted by Crippen LogP contribution is -2.07. The lowest BCUT2D eigenvalue weighted by Gasteiger charge is -2.13. The van der Waals surface area contributed by atoms with Gasteiger partial charge in [-0.05, 0) is 42.0 Å². The summed E-state index contributed by atoms with van der Waals surface area (Å²) in [7, 11) is 1.71. The minimum absolute atomic E-state index is 0.548. The molecule has 1 aromatic carbocycles. The van der Waals surface area contributed by atoms with Crippen LogP contribution in [0.1, 0.15) is 23.1 Å². The zero-order chi connectivity index (χ0) is 10.7. The number of rotatable bonds is 4. The highest BCUT2D eigenvalue weighted by Gasteiger charge is 2.17. The average molecular weight is 207 g/mol. The molecule has 1 aliphatic rings. The highest BCUT2D eigenvalue weighted by Crippen LogP contribution is 2.32. The predicted octanol–water partition coefficient (Wildman–Crippen LogP) is 1.62. The summed E-state index contributed by atoms with van der Waals surface area (Å²) < 4.78 is 5.37. The summed E-state index contributed by atoms with van der Waals surface area (Å²) in [6.45, 7) is 0.548. The van der Waals surface area contributed by atoms with Gasteiger partial charge in [-0.2, -0.15) is 0 Å². The Kier molecular flexibility index (Phi) is 3.23. The lowest BCUT2D eigenvalue weighted by atomic mass is 10.00. The largest absolute Gasteiger partial charge is 0.496 e. The van der Waals surface area contributed by atoms with Crippen molar-refractivity contribution in [2.75, 3.05) is 13.7 Å². The molecule has 0 aromatic heterocycles. The van der Waals surface area contributed by atoms with E-state index in [2.05, 4.69) is 17.0 Å². The second-order valence-corrected chi connectivity index (χ2v) is 3.86. The van der Waals surface area contributed by atoms with Crippen LogP contribution in [-0.2, 0) is 24.1 Å². The molecule has 0 unspecified atom stereocenters. The van der Waals surface area contributed by atoms with Crippen LogP contribution in [-0.4, -0.2) is 13.7 Å². The molecule has 0 bridgehead atoms. The van der Waals surface area contributed by atoms with E-state index in [1.165, 1.54) is 29.5 Å². The van der Waals surface area contributed by atoms with Gasteiger partial charge in [0.2, 0.25) is 0 Å². The van der Waals surface area contributed by atoms with Crippen molar-refractivity contribution in [1.29, 1.82) is 0 Å². The van der Waals surface area contributed by atoms with E-state index in [1.54, 1.807) is 7.11 Å². The summed E-state index contributed by atoms with van der Waals surface area (Å²) >= 11 is 0. The molecule has 82 valence electrons. The van der Waals surface area contributed by atoms with E-state index in [0.717, 1.165) is 18.6 Å². The Bertz CT molecular complexity index is 350. The predicted molar refractivity (Wildman–Crippen MR) is 58.9 cm³/mol. The van der Waals surface area contributed by atoms with Crippen molar-refractivity contribution in [3.63, 3.8) is 0 Å². The van der Waals surface area contributed by atoms with E-state index in [-0.39, 0.29) is 0 Å². The molecule has 0 aliphatic heterocycles.